The zero-order valence-corrected chi connectivity index (χ0v) is 18.1. The SMILES string of the molecule is CCn1c(CCNC(=O)C2CCN(S(=O)(=O)Cc3ccccc3)CC2)n[nH]c1=S. The summed E-state index contributed by atoms with van der Waals surface area (Å²) in [6.07, 6.45) is 1.66. The van der Waals surface area contributed by atoms with Crippen LogP contribution in [0.3, 0.4) is 0 Å². The third-order valence-electron chi connectivity index (χ3n) is 5.21. The van der Waals surface area contributed by atoms with Crippen LogP contribution in [0.1, 0.15) is 31.2 Å². The lowest BCUT2D eigenvalue weighted by atomic mass is 9.97. The van der Waals surface area contributed by atoms with Gasteiger partial charge in [-0.3, -0.25) is 9.89 Å². The average molecular weight is 438 g/mol. The van der Waals surface area contributed by atoms with Crippen LogP contribution < -0.4 is 5.32 Å². The first-order chi connectivity index (χ1) is 13.9. The van der Waals surface area contributed by atoms with E-state index in [1.165, 1.54) is 4.31 Å². The van der Waals surface area contributed by atoms with Gasteiger partial charge in [0, 0.05) is 38.5 Å². The van der Waals surface area contributed by atoms with Gasteiger partial charge in [0.05, 0.1) is 5.75 Å². The summed E-state index contributed by atoms with van der Waals surface area (Å²) in [6, 6.07) is 9.16. The number of nitrogens with one attached hydrogen (secondary N) is 2. The number of aromatic amines is 1. The summed E-state index contributed by atoms with van der Waals surface area (Å²) < 4.78 is 29.2. The Kier molecular flexibility index (Phi) is 7.20. The Balaban J connectivity index is 1.46. The fourth-order valence-corrected chi connectivity index (χ4v) is 5.42. The number of hydrogen-bond acceptors (Lipinski definition) is 5. The first kappa shape index (κ1) is 21.7. The molecule has 0 spiro atoms. The lowest BCUT2D eigenvalue weighted by Gasteiger charge is -2.30. The molecule has 29 heavy (non-hydrogen) atoms. The number of amides is 1. The molecule has 0 radical (unpaired) electrons. The summed E-state index contributed by atoms with van der Waals surface area (Å²) in [5, 5.41) is 9.90. The molecule has 0 atom stereocenters. The highest BCUT2D eigenvalue weighted by Gasteiger charge is 2.31. The Hall–Kier alpha value is -2.04. The van der Waals surface area contributed by atoms with Gasteiger partial charge >= 0.3 is 0 Å². The smallest absolute Gasteiger partial charge is 0.223 e. The van der Waals surface area contributed by atoms with E-state index in [0.717, 1.165) is 17.9 Å². The van der Waals surface area contributed by atoms with Gasteiger partial charge < -0.3 is 9.88 Å². The summed E-state index contributed by atoms with van der Waals surface area (Å²) in [5.41, 5.74) is 0.775. The number of rotatable bonds is 8. The van der Waals surface area contributed by atoms with Crippen LogP contribution in [0.5, 0.6) is 0 Å². The van der Waals surface area contributed by atoms with Crippen LogP contribution in [0.15, 0.2) is 30.3 Å². The second-order valence-electron chi connectivity index (χ2n) is 7.15. The molecule has 1 aromatic carbocycles. The maximum atomic E-state index is 12.6. The van der Waals surface area contributed by atoms with Crippen molar-refractivity contribution < 1.29 is 13.2 Å². The van der Waals surface area contributed by atoms with Crippen molar-refractivity contribution in [3.05, 3.63) is 46.5 Å². The Morgan fingerprint density at radius 1 is 1.28 bits per heavy atom. The standard InChI is InChI=1S/C19H27N5O3S2/c1-2-24-17(21-22-19(24)28)8-11-20-18(25)16-9-12-23(13-10-16)29(26,27)14-15-6-4-3-5-7-15/h3-7,16H,2,8-14H2,1H3,(H,20,25)(H,22,28). The van der Waals surface area contributed by atoms with Gasteiger partial charge in [-0.25, -0.2) is 12.7 Å². The molecule has 1 aliphatic rings. The molecule has 1 fully saturated rings. The maximum absolute atomic E-state index is 12.6. The normalized spacial score (nSPS) is 16.0. The summed E-state index contributed by atoms with van der Waals surface area (Å²) in [5.74, 6) is 0.628. The van der Waals surface area contributed by atoms with Gasteiger partial charge in [0.15, 0.2) is 4.77 Å². The Bertz CT molecular complexity index is 977. The van der Waals surface area contributed by atoms with Gasteiger partial charge in [-0.2, -0.15) is 5.10 Å². The van der Waals surface area contributed by atoms with Crippen LogP contribution in [-0.2, 0) is 33.5 Å². The predicted molar refractivity (Wildman–Crippen MR) is 113 cm³/mol. The van der Waals surface area contributed by atoms with Crippen LogP contribution in [0.25, 0.3) is 0 Å². The number of H-pyrrole nitrogens is 1. The van der Waals surface area contributed by atoms with Crippen LogP contribution >= 0.6 is 12.2 Å². The number of nitrogens with zero attached hydrogens (tertiary/aromatic N) is 3. The summed E-state index contributed by atoms with van der Waals surface area (Å²) in [7, 11) is -3.37. The Morgan fingerprint density at radius 2 is 1.97 bits per heavy atom. The monoisotopic (exact) mass is 437 g/mol. The second-order valence-corrected chi connectivity index (χ2v) is 9.50. The predicted octanol–water partition coefficient (Wildman–Crippen LogP) is 1.86. The lowest BCUT2D eigenvalue weighted by molar-refractivity contribution is -0.126. The van der Waals surface area contributed by atoms with Gasteiger partial charge in [-0.15, -0.1) is 0 Å². The fourth-order valence-electron chi connectivity index (χ4n) is 3.58. The molecule has 0 saturated carbocycles. The molecule has 0 bridgehead atoms. The minimum Gasteiger partial charge on any atom is -0.355 e. The van der Waals surface area contributed by atoms with Gasteiger partial charge in [0.2, 0.25) is 15.9 Å². The Labute approximate surface area is 176 Å². The average Bonchev–Trinajstić information content (AvgIpc) is 3.08. The summed E-state index contributed by atoms with van der Waals surface area (Å²) in [4.78, 5) is 12.5. The van der Waals surface area contributed by atoms with Crippen molar-refractivity contribution in [2.75, 3.05) is 19.6 Å². The largest absolute Gasteiger partial charge is 0.355 e. The molecule has 1 amide bonds. The molecule has 0 aliphatic carbocycles. The van der Waals surface area contributed by atoms with Crippen molar-refractivity contribution in [3.8, 4) is 0 Å². The van der Waals surface area contributed by atoms with E-state index in [0.29, 0.717) is 43.7 Å². The zero-order valence-electron chi connectivity index (χ0n) is 16.5. The van der Waals surface area contributed by atoms with Crippen molar-refractivity contribution in [2.45, 2.75) is 38.5 Å². The molecule has 158 valence electrons. The molecule has 10 heteroatoms. The molecule has 2 aromatic rings. The first-order valence-corrected chi connectivity index (χ1v) is 11.9. The number of hydrogen-bond donors (Lipinski definition) is 2. The minimum absolute atomic E-state index is 0.00333. The van der Waals surface area contributed by atoms with E-state index in [4.69, 9.17) is 12.2 Å². The van der Waals surface area contributed by atoms with Gasteiger partial charge in [-0.1, -0.05) is 30.3 Å². The van der Waals surface area contributed by atoms with Gasteiger partial charge in [-0.05, 0) is 37.5 Å². The number of piperidine rings is 1. The van der Waals surface area contributed by atoms with E-state index in [2.05, 4.69) is 15.5 Å². The third-order valence-corrected chi connectivity index (χ3v) is 7.37. The second kappa shape index (κ2) is 9.64. The molecule has 2 heterocycles. The highest BCUT2D eigenvalue weighted by atomic mass is 32.2. The van der Waals surface area contributed by atoms with E-state index < -0.39 is 10.0 Å². The van der Waals surface area contributed by atoms with Crippen molar-refractivity contribution in [2.24, 2.45) is 5.92 Å². The molecule has 3 rings (SSSR count). The number of sulfonamides is 1. The van der Waals surface area contributed by atoms with Crippen molar-refractivity contribution in [1.29, 1.82) is 0 Å². The molecule has 8 nitrogen and oxygen atoms in total. The quantitative estimate of drug-likeness (QED) is 0.614. The molecular formula is C19H27N5O3S2. The molecule has 1 aromatic heterocycles. The summed E-state index contributed by atoms with van der Waals surface area (Å²) >= 11 is 5.16. The third kappa shape index (κ3) is 5.52. The number of carbonyl (C=O) groups excluding carboxylic acids is 1. The molecule has 2 N–H and O–H groups in total. The zero-order chi connectivity index (χ0) is 20.9. The van der Waals surface area contributed by atoms with E-state index >= 15 is 0 Å². The fraction of sp³-hybridized carbons (Fsp3) is 0.526. The van der Waals surface area contributed by atoms with Gasteiger partial charge in [0.1, 0.15) is 5.82 Å². The van der Waals surface area contributed by atoms with E-state index in [9.17, 15) is 13.2 Å². The van der Waals surface area contributed by atoms with Crippen molar-refractivity contribution >= 4 is 28.1 Å². The van der Waals surface area contributed by atoms with E-state index in [1.807, 2.05) is 41.8 Å². The number of benzene rings is 1. The highest BCUT2D eigenvalue weighted by Crippen LogP contribution is 2.21. The Morgan fingerprint density at radius 3 is 2.62 bits per heavy atom. The van der Waals surface area contributed by atoms with Crippen molar-refractivity contribution in [1.82, 2.24) is 24.4 Å². The summed E-state index contributed by atoms with van der Waals surface area (Å²) in [6.45, 7) is 3.95. The molecule has 1 aliphatic heterocycles. The molecular weight excluding hydrogens is 410 g/mol. The van der Waals surface area contributed by atoms with Crippen LogP contribution in [0.4, 0.5) is 0 Å². The van der Waals surface area contributed by atoms with Crippen LogP contribution in [-0.4, -0.2) is 53.0 Å². The molecule has 0 unspecified atom stereocenters. The number of carbonyl (C=O) groups is 1. The molecule has 1 saturated heterocycles. The van der Waals surface area contributed by atoms with Crippen LogP contribution in [0.2, 0.25) is 0 Å². The van der Waals surface area contributed by atoms with E-state index in [-0.39, 0.29) is 17.6 Å². The lowest BCUT2D eigenvalue weighted by Crippen LogP contribution is -2.43. The topological polar surface area (TPSA) is 100 Å². The van der Waals surface area contributed by atoms with Gasteiger partial charge in [0.25, 0.3) is 0 Å². The van der Waals surface area contributed by atoms with Crippen LogP contribution in [0, 0.1) is 10.7 Å². The maximum Gasteiger partial charge on any atom is 0.223 e. The van der Waals surface area contributed by atoms with Crippen molar-refractivity contribution in [3.63, 3.8) is 0 Å². The highest BCUT2D eigenvalue weighted by molar-refractivity contribution is 7.88. The number of aromatic nitrogens is 3. The first-order valence-electron chi connectivity index (χ1n) is 9.84. The minimum atomic E-state index is -3.37. The van der Waals surface area contributed by atoms with E-state index in [1.54, 1.807) is 0 Å².